The summed E-state index contributed by atoms with van der Waals surface area (Å²) in [6.07, 6.45) is 9.51. The lowest BCUT2D eigenvalue weighted by molar-refractivity contribution is -0.135. The van der Waals surface area contributed by atoms with Crippen molar-refractivity contribution in [1.29, 1.82) is 0 Å². The van der Waals surface area contributed by atoms with Crippen LogP contribution >= 0.6 is 0 Å². The van der Waals surface area contributed by atoms with Gasteiger partial charge < -0.3 is 9.80 Å². The number of aromatic amines is 1. The van der Waals surface area contributed by atoms with Crippen LogP contribution in [-0.2, 0) is 16.0 Å². The van der Waals surface area contributed by atoms with Gasteiger partial charge in [-0.05, 0) is 37.7 Å². The van der Waals surface area contributed by atoms with E-state index in [1.807, 2.05) is 22.2 Å². The van der Waals surface area contributed by atoms with Gasteiger partial charge in [-0.25, -0.2) is 0 Å². The highest BCUT2D eigenvalue weighted by atomic mass is 16.2. The second-order valence-corrected chi connectivity index (χ2v) is 7.06. The smallest absolute Gasteiger partial charge is 0.236 e. The Hall–Kier alpha value is -1.89. The minimum atomic E-state index is 0.227. The van der Waals surface area contributed by atoms with Crippen molar-refractivity contribution in [2.24, 2.45) is 0 Å². The maximum absolute atomic E-state index is 12.3. The monoisotopic (exact) mass is 347 g/mol. The van der Waals surface area contributed by atoms with Crippen LogP contribution in [0.5, 0.6) is 0 Å². The number of nitrogens with one attached hydrogen (secondary N) is 1. The molecular weight excluding hydrogens is 318 g/mol. The number of rotatable bonds is 6. The number of likely N-dealkylation sites (tertiary alicyclic amines) is 1. The Bertz CT molecular complexity index is 546. The van der Waals surface area contributed by atoms with Crippen molar-refractivity contribution < 1.29 is 9.59 Å². The van der Waals surface area contributed by atoms with Gasteiger partial charge in [-0.1, -0.05) is 0 Å². The van der Waals surface area contributed by atoms with Crippen molar-refractivity contribution in [3.05, 3.63) is 18.0 Å². The van der Waals surface area contributed by atoms with Crippen LogP contribution < -0.4 is 0 Å². The van der Waals surface area contributed by atoms with E-state index in [9.17, 15) is 9.59 Å². The minimum Gasteiger partial charge on any atom is -0.342 e. The SMILES string of the molecule is O=C(CCCc1cn[nH]c1)N1CCN(CC(=O)N2CCCCC2)CC1. The third kappa shape index (κ3) is 5.29. The zero-order valence-corrected chi connectivity index (χ0v) is 15.0. The summed E-state index contributed by atoms with van der Waals surface area (Å²) < 4.78 is 0. The molecule has 0 unspecified atom stereocenters. The van der Waals surface area contributed by atoms with Crippen molar-refractivity contribution in [2.75, 3.05) is 45.8 Å². The van der Waals surface area contributed by atoms with Gasteiger partial charge in [-0.3, -0.25) is 19.6 Å². The van der Waals surface area contributed by atoms with Gasteiger partial charge in [0.15, 0.2) is 0 Å². The number of hydrogen-bond donors (Lipinski definition) is 1. The fraction of sp³-hybridized carbons (Fsp3) is 0.722. The predicted octanol–water partition coefficient (Wildman–Crippen LogP) is 0.889. The Morgan fingerprint density at radius 3 is 2.36 bits per heavy atom. The first kappa shape index (κ1) is 17.9. The van der Waals surface area contributed by atoms with E-state index in [1.165, 1.54) is 6.42 Å². The molecule has 2 amide bonds. The highest BCUT2D eigenvalue weighted by Gasteiger charge is 2.24. The van der Waals surface area contributed by atoms with Crippen LogP contribution in [0.2, 0.25) is 0 Å². The molecule has 3 heterocycles. The Morgan fingerprint density at radius 2 is 1.68 bits per heavy atom. The van der Waals surface area contributed by atoms with Crippen molar-refractivity contribution in [3.63, 3.8) is 0 Å². The van der Waals surface area contributed by atoms with Crippen molar-refractivity contribution in [3.8, 4) is 0 Å². The van der Waals surface area contributed by atoms with E-state index >= 15 is 0 Å². The molecule has 1 aromatic rings. The fourth-order valence-corrected chi connectivity index (χ4v) is 3.61. The van der Waals surface area contributed by atoms with Crippen LogP contribution in [0.1, 0.15) is 37.7 Å². The number of carbonyl (C=O) groups excluding carboxylic acids is 2. The van der Waals surface area contributed by atoms with Gasteiger partial charge in [-0.2, -0.15) is 5.10 Å². The quantitative estimate of drug-likeness (QED) is 0.829. The number of aryl methyl sites for hydroxylation is 1. The summed E-state index contributed by atoms with van der Waals surface area (Å²) >= 11 is 0. The van der Waals surface area contributed by atoms with Gasteiger partial charge in [0.05, 0.1) is 12.7 Å². The van der Waals surface area contributed by atoms with Gasteiger partial charge in [-0.15, -0.1) is 0 Å². The van der Waals surface area contributed by atoms with E-state index in [2.05, 4.69) is 15.1 Å². The molecule has 2 aliphatic heterocycles. The lowest BCUT2D eigenvalue weighted by atomic mass is 10.1. The number of piperidine rings is 1. The molecule has 2 fully saturated rings. The van der Waals surface area contributed by atoms with Gasteiger partial charge >= 0.3 is 0 Å². The summed E-state index contributed by atoms with van der Waals surface area (Å²) in [5.74, 6) is 0.477. The van der Waals surface area contributed by atoms with Crippen LogP contribution in [0, 0.1) is 0 Å². The van der Waals surface area contributed by atoms with Gasteiger partial charge in [0, 0.05) is 51.9 Å². The second-order valence-electron chi connectivity index (χ2n) is 7.06. The van der Waals surface area contributed by atoms with Crippen molar-refractivity contribution in [2.45, 2.75) is 38.5 Å². The summed E-state index contributed by atoms with van der Waals surface area (Å²) in [6.45, 7) is 5.39. The van der Waals surface area contributed by atoms with Crippen LogP contribution in [0.25, 0.3) is 0 Å². The topological polar surface area (TPSA) is 72.5 Å². The summed E-state index contributed by atoms with van der Waals surface area (Å²) in [5.41, 5.74) is 1.15. The Labute approximate surface area is 149 Å². The van der Waals surface area contributed by atoms with Gasteiger partial charge in [0.1, 0.15) is 0 Å². The Kier molecular flexibility index (Phi) is 6.44. The number of aromatic nitrogens is 2. The molecule has 7 nitrogen and oxygen atoms in total. The molecule has 0 atom stereocenters. The van der Waals surface area contributed by atoms with Crippen LogP contribution in [0.15, 0.2) is 12.4 Å². The van der Waals surface area contributed by atoms with E-state index in [-0.39, 0.29) is 11.8 Å². The normalized spacial score (nSPS) is 19.2. The molecule has 1 aromatic heterocycles. The first-order chi connectivity index (χ1) is 12.2. The summed E-state index contributed by atoms with van der Waals surface area (Å²) in [4.78, 5) is 30.8. The number of nitrogens with zero attached hydrogens (tertiary/aromatic N) is 4. The molecule has 0 bridgehead atoms. The number of piperazine rings is 1. The van der Waals surface area contributed by atoms with E-state index in [0.717, 1.165) is 70.5 Å². The molecule has 0 aromatic carbocycles. The minimum absolute atomic E-state index is 0.227. The molecule has 0 radical (unpaired) electrons. The average Bonchev–Trinajstić information content (AvgIpc) is 3.16. The second kappa shape index (κ2) is 8.99. The van der Waals surface area contributed by atoms with E-state index in [4.69, 9.17) is 0 Å². The van der Waals surface area contributed by atoms with E-state index < -0.39 is 0 Å². The molecule has 7 heteroatoms. The molecule has 2 aliphatic rings. The number of hydrogen-bond acceptors (Lipinski definition) is 4. The Morgan fingerprint density at radius 1 is 0.960 bits per heavy atom. The van der Waals surface area contributed by atoms with Gasteiger partial charge in [0.2, 0.25) is 11.8 Å². The standard InChI is InChI=1S/C18H29N5O2/c24-17(6-4-5-16-13-19-20-14-16)23-11-9-21(10-12-23)15-18(25)22-7-2-1-3-8-22/h13-14H,1-12,15H2,(H,19,20). The van der Waals surface area contributed by atoms with Gasteiger partial charge in [0.25, 0.3) is 0 Å². The lowest BCUT2D eigenvalue weighted by Crippen LogP contribution is -2.52. The number of amides is 2. The largest absolute Gasteiger partial charge is 0.342 e. The zero-order valence-electron chi connectivity index (χ0n) is 15.0. The molecule has 0 spiro atoms. The van der Waals surface area contributed by atoms with Crippen LogP contribution in [0.3, 0.4) is 0 Å². The van der Waals surface area contributed by atoms with Crippen LogP contribution in [0.4, 0.5) is 0 Å². The molecule has 1 N–H and O–H groups in total. The lowest BCUT2D eigenvalue weighted by Gasteiger charge is -2.36. The Balaban J connectivity index is 1.33. The first-order valence-electron chi connectivity index (χ1n) is 9.48. The van der Waals surface area contributed by atoms with E-state index in [1.54, 1.807) is 0 Å². The van der Waals surface area contributed by atoms with Crippen LogP contribution in [-0.4, -0.2) is 82.5 Å². The maximum atomic E-state index is 12.3. The number of H-pyrrole nitrogens is 1. The molecule has 2 saturated heterocycles. The third-order valence-electron chi connectivity index (χ3n) is 5.20. The molecule has 0 saturated carbocycles. The molecule has 0 aliphatic carbocycles. The molecule has 138 valence electrons. The predicted molar refractivity (Wildman–Crippen MR) is 95.0 cm³/mol. The summed E-state index contributed by atoms with van der Waals surface area (Å²) in [5, 5.41) is 6.71. The molecule has 25 heavy (non-hydrogen) atoms. The summed E-state index contributed by atoms with van der Waals surface area (Å²) in [7, 11) is 0. The highest BCUT2D eigenvalue weighted by molar-refractivity contribution is 5.78. The third-order valence-corrected chi connectivity index (χ3v) is 5.20. The number of carbonyl (C=O) groups is 2. The average molecular weight is 347 g/mol. The summed E-state index contributed by atoms with van der Waals surface area (Å²) in [6, 6.07) is 0. The first-order valence-corrected chi connectivity index (χ1v) is 9.48. The maximum Gasteiger partial charge on any atom is 0.236 e. The highest BCUT2D eigenvalue weighted by Crippen LogP contribution is 2.11. The van der Waals surface area contributed by atoms with Crippen molar-refractivity contribution >= 4 is 11.8 Å². The van der Waals surface area contributed by atoms with E-state index in [0.29, 0.717) is 13.0 Å². The fourth-order valence-electron chi connectivity index (χ4n) is 3.61. The van der Waals surface area contributed by atoms with Crippen molar-refractivity contribution in [1.82, 2.24) is 24.9 Å². The molecule has 3 rings (SSSR count). The zero-order chi connectivity index (χ0) is 17.5. The molecular formula is C18H29N5O2.